The van der Waals surface area contributed by atoms with Crippen molar-refractivity contribution in [3.63, 3.8) is 0 Å². The number of fused-ring (bicyclic) bond motifs is 1. The first-order valence-corrected chi connectivity index (χ1v) is 7.78. The van der Waals surface area contributed by atoms with E-state index in [1.165, 1.54) is 10.4 Å². The van der Waals surface area contributed by atoms with Crippen LogP contribution in [0.1, 0.15) is 30.0 Å². The highest BCUT2D eigenvalue weighted by atomic mass is 32.1. The highest BCUT2D eigenvalue weighted by Gasteiger charge is 2.17. The van der Waals surface area contributed by atoms with Crippen LogP contribution in [0, 0.1) is 6.92 Å². The molecule has 3 aromatic rings. The van der Waals surface area contributed by atoms with E-state index in [-0.39, 0.29) is 0 Å². The van der Waals surface area contributed by atoms with Crippen LogP contribution in [0.3, 0.4) is 0 Å². The number of hydrogen-bond acceptors (Lipinski definition) is 4. The molecule has 0 aliphatic carbocycles. The van der Waals surface area contributed by atoms with Crippen LogP contribution < -0.4 is 5.73 Å². The van der Waals surface area contributed by atoms with Gasteiger partial charge in [0.2, 0.25) is 5.95 Å². The highest BCUT2D eigenvalue weighted by Crippen LogP contribution is 2.25. The molecule has 2 N–H and O–H groups in total. The Bertz CT molecular complexity index is 749. The Balaban J connectivity index is 2.13. The summed E-state index contributed by atoms with van der Waals surface area (Å²) in [7, 11) is 0. The lowest BCUT2D eigenvalue weighted by atomic mass is 10.2. The van der Waals surface area contributed by atoms with Crippen LogP contribution in [-0.4, -0.2) is 19.3 Å². The van der Waals surface area contributed by atoms with Gasteiger partial charge in [0.15, 0.2) is 5.65 Å². The van der Waals surface area contributed by atoms with Crippen molar-refractivity contribution >= 4 is 28.4 Å². The molecule has 20 heavy (non-hydrogen) atoms. The first-order valence-electron chi connectivity index (χ1n) is 6.90. The van der Waals surface area contributed by atoms with Crippen molar-refractivity contribution in [1.82, 2.24) is 19.3 Å². The number of hydrogen-bond donors (Lipinski definition) is 1. The van der Waals surface area contributed by atoms with Gasteiger partial charge in [-0.2, -0.15) is 5.10 Å². The molecular weight excluding hydrogens is 270 g/mol. The average Bonchev–Trinajstić information content (AvgIpc) is 3.09. The molecule has 0 amide bonds. The van der Waals surface area contributed by atoms with Crippen LogP contribution in [0.15, 0.2) is 11.4 Å². The number of anilines is 1. The number of aryl methyl sites for hydroxylation is 3. The van der Waals surface area contributed by atoms with E-state index in [4.69, 9.17) is 5.73 Å². The van der Waals surface area contributed by atoms with Crippen LogP contribution in [0.25, 0.3) is 11.2 Å². The molecule has 0 radical (unpaired) electrons. The molecule has 3 aromatic heterocycles. The van der Waals surface area contributed by atoms with Crippen molar-refractivity contribution in [3.8, 4) is 0 Å². The number of nitrogens with zero attached hydrogens (tertiary/aromatic N) is 4. The zero-order valence-electron chi connectivity index (χ0n) is 12.1. The van der Waals surface area contributed by atoms with E-state index in [1.54, 1.807) is 11.3 Å². The Morgan fingerprint density at radius 3 is 2.85 bits per heavy atom. The molecule has 0 atom stereocenters. The van der Waals surface area contributed by atoms with Gasteiger partial charge in [0.25, 0.3) is 0 Å². The minimum Gasteiger partial charge on any atom is -0.369 e. The van der Waals surface area contributed by atoms with Gasteiger partial charge >= 0.3 is 0 Å². The van der Waals surface area contributed by atoms with E-state index in [2.05, 4.69) is 39.9 Å². The van der Waals surface area contributed by atoms with E-state index in [0.717, 1.165) is 36.4 Å². The Morgan fingerprint density at radius 2 is 2.15 bits per heavy atom. The van der Waals surface area contributed by atoms with E-state index in [9.17, 15) is 0 Å². The van der Waals surface area contributed by atoms with Gasteiger partial charge in [0.1, 0.15) is 5.52 Å². The van der Waals surface area contributed by atoms with Crippen molar-refractivity contribution in [1.29, 1.82) is 0 Å². The van der Waals surface area contributed by atoms with Gasteiger partial charge in [-0.25, -0.2) is 9.67 Å². The molecule has 3 rings (SSSR count). The summed E-state index contributed by atoms with van der Waals surface area (Å²) in [6.07, 6.45) is 1.04. The van der Waals surface area contributed by atoms with Gasteiger partial charge in [-0.3, -0.25) is 4.57 Å². The third-order valence-electron chi connectivity index (χ3n) is 3.65. The summed E-state index contributed by atoms with van der Waals surface area (Å²) >= 11 is 1.78. The van der Waals surface area contributed by atoms with Crippen LogP contribution >= 0.6 is 11.3 Å². The predicted octanol–water partition coefficient (Wildman–Crippen LogP) is 2.82. The van der Waals surface area contributed by atoms with E-state index < -0.39 is 0 Å². The van der Waals surface area contributed by atoms with E-state index in [1.807, 2.05) is 11.6 Å². The largest absolute Gasteiger partial charge is 0.369 e. The molecule has 0 spiro atoms. The molecule has 0 aliphatic heterocycles. The lowest BCUT2D eigenvalue weighted by Crippen LogP contribution is -2.09. The average molecular weight is 289 g/mol. The number of rotatable bonds is 4. The lowest BCUT2D eigenvalue weighted by molar-refractivity contribution is 0.648. The zero-order chi connectivity index (χ0) is 14.3. The Hall–Kier alpha value is -1.82. The number of nitrogen functional groups attached to an aromatic ring is 1. The van der Waals surface area contributed by atoms with E-state index >= 15 is 0 Å². The third-order valence-corrected chi connectivity index (χ3v) is 4.60. The fraction of sp³-hybridized carbons (Fsp3) is 0.429. The summed E-state index contributed by atoms with van der Waals surface area (Å²) in [6.45, 7) is 7.84. The fourth-order valence-electron chi connectivity index (χ4n) is 2.58. The second-order valence-corrected chi connectivity index (χ2v) is 5.85. The monoisotopic (exact) mass is 289 g/mol. The van der Waals surface area contributed by atoms with Gasteiger partial charge in [-0.05, 0) is 37.3 Å². The fourth-order valence-corrected chi connectivity index (χ4v) is 3.55. The molecule has 0 aromatic carbocycles. The summed E-state index contributed by atoms with van der Waals surface area (Å²) < 4.78 is 4.05. The first kappa shape index (κ1) is 13.2. The second-order valence-electron chi connectivity index (χ2n) is 4.85. The SMILES string of the molecule is CCc1ccsc1Cn1c(N)nc2c(C)nn(CC)c21. The molecule has 0 saturated heterocycles. The number of imidazole rings is 1. The smallest absolute Gasteiger partial charge is 0.202 e. The van der Waals surface area contributed by atoms with Gasteiger partial charge in [0.05, 0.1) is 12.2 Å². The summed E-state index contributed by atoms with van der Waals surface area (Å²) in [5.74, 6) is 0.568. The second kappa shape index (κ2) is 4.94. The highest BCUT2D eigenvalue weighted by molar-refractivity contribution is 7.10. The van der Waals surface area contributed by atoms with Crippen LogP contribution in [-0.2, 0) is 19.5 Å². The quantitative estimate of drug-likeness (QED) is 0.803. The number of thiophene rings is 1. The topological polar surface area (TPSA) is 61.7 Å². The number of nitrogens with two attached hydrogens (primary N) is 1. The van der Waals surface area contributed by atoms with Gasteiger partial charge in [0, 0.05) is 11.4 Å². The third kappa shape index (κ3) is 1.91. The van der Waals surface area contributed by atoms with Crippen LogP contribution in [0.5, 0.6) is 0 Å². The molecule has 0 fully saturated rings. The molecular formula is C14H19N5S. The molecule has 0 saturated carbocycles. The van der Waals surface area contributed by atoms with Crippen molar-refractivity contribution in [2.75, 3.05) is 5.73 Å². The maximum Gasteiger partial charge on any atom is 0.202 e. The van der Waals surface area contributed by atoms with Gasteiger partial charge in [-0.1, -0.05) is 6.92 Å². The van der Waals surface area contributed by atoms with Crippen molar-refractivity contribution in [3.05, 3.63) is 27.6 Å². The predicted molar refractivity (Wildman–Crippen MR) is 83.1 cm³/mol. The molecule has 106 valence electrons. The summed E-state index contributed by atoms with van der Waals surface area (Å²) in [5.41, 5.74) is 10.4. The molecule has 0 aliphatic rings. The van der Waals surface area contributed by atoms with Crippen molar-refractivity contribution < 1.29 is 0 Å². The van der Waals surface area contributed by atoms with Crippen LogP contribution in [0.2, 0.25) is 0 Å². The van der Waals surface area contributed by atoms with Crippen LogP contribution in [0.4, 0.5) is 5.95 Å². The van der Waals surface area contributed by atoms with E-state index in [0.29, 0.717) is 5.95 Å². The maximum absolute atomic E-state index is 6.11. The minimum absolute atomic E-state index is 0.568. The van der Waals surface area contributed by atoms with Crippen molar-refractivity contribution in [2.24, 2.45) is 0 Å². The van der Waals surface area contributed by atoms with Gasteiger partial charge < -0.3 is 5.73 Å². The Morgan fingerprint density at radius 1 is 1.35 bits per heavy atom. The standard InChI is InChI=1S/C14H19N5S/c1-4-10-6-7-20-11(10)8-18-13-12(16-14(18)15)9(3)17-19(13)5-2/h6-7H,4-5,8H2,1-3H3,(H2,15,16). The maximum atomic E-state index is 6.11. The molecule has 6 heteroatoms. The molecule has 0 bridgehead atoms. The summed E-state index contributed by atoms with van der Waals surface area (Å²) in [6, 6.07) is 2.19. The van der Waals surface area contributed by atoms with Gasteiger partial charge in [-0.15, -0.1) is 11.3 Å². The molecule has 0 unspecified atom stereocenters. The molecule has 5 nitrogen and oxygen atoms in total. The normalized spacial score (nSPS) is 11.6. The molecule has 3 heterocycles. The zero-order valence-corrected chi connectivity index (χ0v) is 12.9. The summed E-state index contributed by atoms with van der Waals surface area (Å²) in [5, 5.41) is 6.66. The lowest BCUT2D eigenvalue weighted by Gasteiger charge is -2.08. The summed E-state index contributed by atoms with van der Waals surface area (Å²) in [4.78, 5) is 5.83. The number of aromatic nitrogens is 4. The Labute approximate surface area is 122 Å². The Kier molecular flexibility index (Phi) is 3.25. The van der Waals surface area contributed by atoms with Crippen molar-refractivity contribution in [2.45, 2.75) is 40.3 Å². The minimum atomic E-state index is 0.568. The first-order chi connectivity index (χ1) is 9.65.